The van der Waals surface area contributed by atoms with Crippen LogP contribution in [0.2, 0.25) is 0 Å². The van der Waals surface area contributed by atoms with E-state index in [1.54, 1.807) is 11.3 Å². The smallest absolute Gasteiger partial charge is 0.191 e. The van der Waals surface area contributed by atoms with E-state index in [9.17, 15) is 0 Å². The van der Waals surface area contributed by atoms with E-state index in [1.807, 2.05) is 19.5 Å². The highest BCUT2D eigenvalue weighted by Crippen LogP contribution is 2.11. The minimum absolute atomic E-state index is 0. The summed E-state index contributed by atoms with van der Waals surface area (Å²) in [6.07, 6.45) is 6.44. The van der Waals surface area contributed by atoms with Crippen LogP contribution in [0.15, 0.2) is 10.5 Å². The standard InChI is InChI=1S/C15H28N4S.HI/c1-5-6-7-8-9-12(2)19-15(16-4)17-10-14-13(3)18-11-20-14;/h11-12H,5-10H2,1-4H3,(H2,16,17,19);1H. The maximum absolute atomic E-state index is 4.28. The van der Waals surface area contributed by atoms with Crippen molar-refractivity contribution in [3.8, 4) is 0 Å². The van der Waals surface area contributed by atoms with E-state index < -0.39 is 0 Å². The van der Waals surface area contributed by atoms with Gasteiger partial charge in [-0.3, -0.25) is 4.99 Å². The molecule has 0 fully saturated rings. The Morgan fingerprint density at radius 2 is 2.14 bits per heavy atom. The van der Waals surface area contributed by atoms with Gasteiger partial charge in [-0.15, -0.1) is 35.3 Å². The molecule has 0 saturated heterocycles. The molecule has 2 N–H and O–H groups in total. The molecule has 0 aliphatic carbocycles. The summed E-state index contributed by atoms with van der Waals surface area (Å²) in [7, 11) is 1.82. The molecule has 21 heavy (non-hydrogen) atoms. The Hall–Kier alpha value is -0.370. The second kappa shape index (κ2) is 12.2. The van der Waals surface area contributed by atoms with Crippen LogP contribution in [0, 0.1) is 6.92 Å². The minimum Gasteiger partial charge on any atom is -0.354 e. The molecular formula is C15H29IN4S. The molecule has 1 aromatic rings. The lowest BCUT2D eigenvalue weighted by Gasteiger charge is -2.17. The molecule has 0 amide bonds. The van der Waals surface area contributed by atoms with Crippen molar-refractivity contribution in [1.82, 2.24) is 15.6 Å². The van der Waals surface area contributed by atoms with Crippen LogP contribution in [0.25, 0.3) is 0 Å². The predicted molar refractivity (Wildman–Crippen MR) is 104 cm³/mol. The van der Waals surface area contributed by atoms with Crippen molar-refractivity contribution in [2.45, 2.75) is 65.5 Å². The van der Waals surface area contributed by atoms with Gasteiger partial charge in [-0.05, 0) is 20.3 Å². The average molecular weight is 424 g/mol. The quantitative estimate of drug-likeness (QED) is 0.286. The molecule has 0 saturated carbocycles. The van der Waals surface area contributed by atoms with E-state index in [-0.39, 0.29) is 24.0 Å². The van der Waals surface area contributed by atoms with Gasteiger partial charge >= 0.3 is 0 Å². The third-order valence-electron chi connectivity index (χ3n) is 3.36. The molecule has 1 rings (SSSR count). The second-order valence-electron chi connectivity index (χ2n) is 5.18. The molecule has 1 unspecified atom stereocenters. The molecule has 4 nitrogen and oxygen atoms in total. The van der Waals surface area contributed by atoms with Crippen LogP contribution in [0.1, 0.15) is 56.5 Å². The largest absolute Gasteiger partial charge is 0.354 e. The number of aliphatic imine (C=N–C) groups is 1. The fraction of sp³-hybridized carbons (Fsp3) is 0.733. The Balaban J connectivity index is 0.00000400. The lowest BCUT2D eigenvalue weighted by atomic mass is 10.1. The topological polar surface area (TPSA) is 49.3 Å². The number of aromatic nitrogens is 1. The zero-order chi connectivity index (χ0) is 14.8. The molecule has 6 heteroatoms. The van der Waals surface area contributed by atoms with Crippen LogP contribution >= 0.6 is 35.3 Å². The number of nitrogens with one attached hydrogen (secondary N) is 2. The monoisotopic (exact) mass is 424 g/mol. The lowest BCUT2D eigenvalue weighted by molar-refractivity contribution is 0.537. The van der Waals surface area contributed by atoms with Crippen molar-refractivity contribution >= 4 is 41.3 Å². The normalized spacial score (nSPS) is 12.7. The van der Waals surface area contributed by atoms with E-state index in [0.29, 0.717) is 6.04 Å². The third kappa shape index (κ3) is 8.60. The molecule has 1 atom stereocenters. The summed E-state index contributed by atoms with van der Waals surface area (Å²) in [6.45, 7) is 7.30. The number of thiazole rings is 1. The van der Waals surface area contributed by atoms with E-state index in [2.05, 4.69) is 34.5 Å². The molecular weight excluding hydrogens is 395 g/mol. The van der Waals surface area contributed by atoms with Gasteiger partial charge in [-0.2, -0.15) is 0 Å². The molecule has 0 bridgehead atoms. The first-order valence-electron chi connectivity index (χ1n) is 7.53. The Kier molecular flexibility index (Phi) is 12.0. The van der Waals surface area contributed by atoms with Crippen molar-refractivity contribution in [2.75, 3.05) is 7.05 Å². The summed E-state index contributed by atoms with van der Waals surface area (Å²) in [5.41, 5.74) is 2.99. The highest BCUT2D eigenvalue weighted by atomic mass is 127. The molecule has 0 radical (unpaired) electrons. The SMILES string of the molecule is CCCCCCC(C)NC(=NC)NCc1scnc1C.I. The van der Waals surface area contributed by atoms with Gasteiger partial charge in [0.05, 0.1) is 17.7 Å². The first-order chi connectivity index (χ1) is 9.67. The summed E-state index contributed by atoms with van der Waals surface area (Å²) in [6, 6.07) is 0.459. The highest BCUT2D eigenvalue weighted by molar-refractivity contribution is 14.0. The van der Waals surface area contributed by atoms with Crippen LogP contribution in [-0.2, 0) is 6.54 Å². The fourth-order valence-electron chi connectivity index (χ4n) is 2.04. The summed E-state index contributed by atoms with van der Waals surface area (Å²) < 4.78 is 0. The molecule has 0 aliphatic rings. The Labute approximate surface area is 150 Å². The maximum Gasteiger partial charge on any atom is 0.191 e. The summed E-state index contributed by atoms with van der Waals surface area (Å²) >= 11 is 1.68. The minimum atomic E-state index is 0. The van der Waals surface area contributed by atoms with Crippen LogP contribution in [-0.4, -0.2) is 24.0 Å². The van der Waals surface area contributed by atoms with Crippen molar-refractivity contribution in [1.29, 1.82) is 0 Å². The van der Waals surface area contributed by atoms with Gasteiger partial charge in [0.2, 0.25) is 0 Å². The number of nitrogens with zero attached hydrogens (tertiary/aromatic N) is 2. The molecule has 1 heterocycles. The number of aryl methyl sites for hydroxylation is 1. The Morgan fingerprint density at radius 1 is 1.38 bits per heavy atom. The van der Waals surface area contributed by atoms with Crippen LogP contribution in [0.5, 0.6) is 0 Å². The Bertz CT molecular complexity index is 406. The Morgan fingerprint density at radius 3 is 2.71 bits per heavy atom. The molecule has 0 aromatic carbocycles. The van der Waals surface area contributed by atoms with E-state index in [4.69, 9.17) is 0 Å². The van der Waals surface area contributed by atoms with Gasteiger partial charge in [0, 0.05) is 18.0 Å². The van der Waals surface area contributed by atoms with E-state index in [1.165, 1.54) is 37.0 Å². The fourth-order valence-corrected chi connectivity index (χ4v) is 2.75. The van der Waals surface area contributed by atoms with E-state index in [0.717, 1.165) is 18.2 Å². The van der Waals surface area contributed by atoms with Crippen molar-refractivity contribution < 1.29 is 0 Å². The van der Waals surface area contributed by atoms with Crippen LogP contribution in [0.4, 0.5) is 0 Å². The van der Waals surface area contributed by atoms with Gasteiger partial charge in [0.1, 0.15) is 0 Å². The van der Waals surface area contributed by atoms with Gasteiger partial charge in [-0.25, -0.2) is 4.98 Å². The summed E-state index contributed by atoms with van der Waals surface area (Å²) in [5.74, 6) is 0.876. The summed E-state index contributed by atoms with van der Waals surface area (Å²) in [4.78, 5) is 9.80. The zero-order valence-corrected chi connectivity index (χ0v) is 16.8. The predicted octanol–water partition coefficient (Wildman–Crippen LogP) is 4.09. The number of hydrogen-bond donors (Lipinski definition) is 2. The number of halogens is 1. The third-order valence-corrected chi connectivity index (χ3v) is 4.29. The van der Waals surface area contributed by atoms with Gasteiger partial charge in [0.25, 0.3) is 0 Å². The lowest BCUT2D eigenvalue weighted by Crippen LogP contribution is -2.41. The molecule has 1 aromatic heterocycles. The summed E-state index contributed by atoms with van der Waals surface area (Å²) in [5, 5.41) is 6.80. The van der Waals surface area contributed by atoms with Gasteiger partial charge in [0.15, 0.2) is 5.96 Å². The molecule has 0 aliphatic heterocycles. The molecule has 0 spiro atoms. The van der Waals surface area contributed by atoms with Crippen LogP contribution in [0.3, 0.4) is 0 Å². The number of hydrogen-bond acceptors (Lipinski definition) is 3. The first-order valence-corrected chi connectivity index (χ1v) is 8.41. The number of guanidine groups is 1. The highest BCUT2D eigenvalue weighted by Gasteiger charge is 2.06. The van der Waals surface area contributed by atoms with Crippen molar-refractivity contribution in [2.24, 2.45) is 4.99 Å². The first kappa shape index (κ1) is 20.6. The number of unbranched alkanes of at least 4 members (excludes halogenated alkanes) is 3. The molecule has 122 valence electrons. The second-order valence-corrected chi connectivity index (χ2v) is 6.12. The average Bonchev–Trinajstić information content (AvgIpc) is 2.85. The zero-order valence-electron chi connectivity index (χ0n) is 13.6. The van der Waals surface area contributed by atoms with Crippen molar-refractivity contribution in [3.63, 3.8) is 0 Å². The van der Waals surface area contributed by atoms with Crippen molar-refractivity contribution in [3.05, 3.63) is 16.1 Å². The van der Waals surface area contributed by atoms with E-state index >= 15 is 0 Å². The van der Waals surface area contributed by atoms with Gasteiger partial charge in [-0.1, -0.05) is 32.6 Å². The van der Waals surface area contributed by atoms with Gasteiger partial charge < -0.3 is 10.6 Å². The van der Waals surface area contributed by atoms with Crippen LogP contribution < -0.4 is 10.6 Å². The maximum atomic E-state index is 4.28. The number of rotatable bonds is 8.